The van der Waals surface area contributed by atoms with Gasteiger partial charge in [0.1, 0.15) is 5.82 Å². The first kappa shape index (κ1) is 19.1. The van der Waals surface area contributed by atoms with E-state index in [1.165, 1.54) is 5.69 Å². The van der Waals surface area contributed by atoms with Crippen LogP contribution in [0.25, 0.3) is 0 Å². The Hall–Kier alpha value is -2.63. The molecular formula is C21H29N5O. The molecule has 0 aliphatic carbocycles. The molecule has 1 fully saturated rings. The number of nitrogens with one attached hydrogen (secondary N) is 1. The molecule has 0 unspecified atom stereocenters. The van der Waals surface area contributed by atoms with Gasteiger partial charge in [0.2, 0.25) is 5.91 Å². The van der Waals surface area contributed by atoms with Crippen molar-refractivity contribution in [1.29, 1.82) is 0 Å². The van der Waals surface area contributed by atoms with Crippen LogP contribution in [0.15, 0.2) is 42.9 Å². The molecule has 2 heterocycles. The average molecular weight is 367 g/mol. The monoisotopic (exact) mass is 367 g/mol. The summed E-state index contributed by atoms with van der Waals surface area (Å²) in [5, 5.41) is 3.08. The number of rotatable bonds is 6. The number of aromatic nitrogens is 2. The molecule has 1 saturated heterocycles. The first-order chi connectivity index (χ1) is 13.1. The zero-order chi connectivity index (χ0) is 19.2. The predicted molar refractivity (Wildman–Crippen MR) is 110 cm³/mol. The third kappa shape index (κ3) is 4.76. The molecule has 6 heteroatoms. The highest BCUT2D eigenvalue weighted by molar-refractivity contribution is 5.93. The molecule has 2 aromatic rings. The van der Waals surface area contributed by atoms with Crippen molar-refractivity contribution in [2.45, 2.75) is 39.7 Å². The van der Waals surface area contributed by atoms with Crippen molar-refractivity contribution in [3.63, 3.8) is 0 Å². The molecule has 0 saturated carbocycles. The number of carbonyl (C=O) groups excluding carboxylic acids is 1. The van der Waals surface area contributed by atoms with E-state index in [4.69, 9.17) is 0 Å². The average Bonchev–Trinajstić information content (AvgIpc) is 2.70. The summed E-state index contributed by atoms with van der Waals surface area (Å²) in [6.07, 6.45) is 7.00. The SMILES string of the molecule is CCN(c1ccc(NC(=O)[C@@H]2CCCN(c3cnccn3)C2)cc1)C(C)C. The Morgan fingerprint density at radius 1 is 1.30 bits per heavy atom. The maximum atomic E-state index is 12.7. The van der Waals surface area contributed by atoms with E-state index in [0.29, 0.717) is 12.6 Å². The molecule has 1 aromatic heterocycles. The van der Waals surface area contributed by atoms with Gasteiger partial charge in [0.05, 0.1) is 12.1 Å². The molecular weight excluding hydrogens is 338 g/mol. The van der Waals surface area contributed by atoms with Gasteiger partial charge in [-0.3, -0.25) is 9.78 Å². The molecule has 1 N–H and O–H groups in total. The maximum absolute atomic E-state index is 12.7. The minimum Gasteiger partial charge on any atom is -0.369 e. The summed E-state index contributed by atoms with van der Waals surface area (Å²) in [5.74, 6) is 0.878. The van der Waals surface area contributed by atoms with Crippen LogP contribution >= 0.6 is 0 Å². The topological polar surface area (TPSA) is 61.4 Å². The third-order valence-electron chi connectivity index (χ3n) is 5.10. The lowest BCUT2D eigenvalue weighted by atomic mass is 9.97. The number of hydrogen-bond acceptors (Lipinski definition) is 5. The zero-order valence-electron chi connectivity index (χ0n) is 16.4. The van der Waals surface area contributed by atoms with Crippen molar-refractivity contribution in [3.8, 4) is 0 Å². The fourth-order valence-electron chi connectivity index (χ4n) is 3.68. The minimum absolute atomic E-state index is 0.0387. The van der Waals surface area contributed by atoms with Crippen LogP contribution in [-0.2, 0) is 4.79 Å². The number of amides is 1. The van der Waals surface area contributed by atoms with Crippen LogP contribution in [0, 0.1) is 5.92 Å². The van der Waals surface area contributed by atoms with Gasteiger partial charge in [-0.15, -0.1) is 0 Å². The van der Waals surface area contributed by atoms with Crippen molar-refractivity contribution >= 4 is 23.1 Å². The predicted octanol–water partition coefficient (Wildman–Crippen LogP) is 3.57. The summed E-state index contributed by atoms with van der Waals surface area (Å²) in [6.45, 7) is 9.08. The summed E-state index contributed by atoms with van der Waals surface area (Å²) < 4.78 is 0. The second-order valence-electron chi connectivity index (χ2n) is 7.26. The Labute approximate surface area is 161 Å². The number of piperidine rings is 1. The Bertz CT molecular complexity index is 732. The van der Waals surface area contributed by atoms with E-state index in [0.717, 1.165) is 37.4 Å². The smallest absolute Gasteiger partial charge is 0.229 e. The van der Waals surface area contributed by atoms with Crippen LogP contribution in [0.1, 0.15) is 33.6 Å². The fraction of sp³-hybridized carbons (Fsp3) is 0.476. The number of benzene rings is 1. The van der Waals surface area contributed by atoms with Gasteiger partial charge >= 0.3 is 0 Å². The van der Waals surface area contributed by atoms with Gasteiger partial charge in [0.15, 0.2) is 0 Å². The van der Waals surface area contributed by atoms with E-state index in [2.05, 4.69) is 58.0 Å². The van der Waals surface area contributed by atoms with Crippen LogP contribution in [0.5, 0.6) is 0 Å². The van der Waals surface area contributed by atoms with Crippen LogP contribution < -0.4 is 15.1 Å². The highest BCUT2D eigenvalue weighted by atomic mass is 16.1. The van der Waals surface area contributed by atoms with E-state index in [9.17, 15) is 4.79 Å². The number of carbonyl (C=O) groups is 1. The van der Waals surface area contributed by atoms with Crippen LogP contribution in [0.4, 0.5) is 17.2 Å². The van der Waals surface area contributed by atoms with Crippen LogP contribution in [0.3, 0.4) is 0 Å². The minimum atomic E-state index is -0.0387. The number of nitrogens with zero attached hydrogens (tertiary/aromatic N) is 4. The van der Waals surface area contributed by atoms with E-state index < -0.39 is 0 Å². The summed E-state index contributed by atoms with van der Waals surface area (Å²) in [6, 6.07) is 8.57. The lowest BCUT2D eigenvalue weighted by Gasteiger charge is -2.32. The molecule has 0 bridgehead atoms. The summed E-state index contributed by atoms with van der Waals surface area (Å²) in [7, 11) is 0. The molecule has 1 amide bonds. The molecule has 27 heavy (non-hydrogen) atoms. The van der Waals surface area contributed by atoms with Crippen molar-refractivity contribution in [2.75, 3.05) is 34.8 Å². The zero-order valence-corrected chi connectivity index (χ0v) is 16.4. The lowest BCUT2D eigenvalue weighted by molar-refractivity contribution is -0.120. The highest BCUT2D eigenvalue weighted by Crippen LogP contribution is 2.24. The lowest BCUT2D eigenvalue weighted by Crippen LogP contribution is -2.41. The van der Waals surface area contributed by atoms with Crippen molar-refractivity contribution in [3.05, 3.63) is 42.9 Å². The van der Waals surface area contributed by atoms with E-state index >= 15 is 0 Å². The summed E-state index contributed by atoms with van der Waals surface area (Å²) in [4.78, 5) is 25.7. The van der Waals surface area contributed by atoms with Crippen molar-refractivity contribution < 1.29 is 4.79 Å². The standard InChI is InChI=1S/C21H29N5O/c1-4-26(16(2)3)19-9-7-18(8-10-19)24-21(27)17-6-5-13-25(15-17)20-14-22-11-12-23-20/h7-12,14,16-17H,4-6,13,15H2,1-3H3,(H,24,27)/t17-/m1/s1. The van der Waals surface area contributed by atoms with Crippen molar-refractivity contribution in [2.24, 2.45) is 5.92 Å². The van der Waals surface area contributed by atoms with Crippen LogP contribution in [-0.4, -0.2) is 41.6 Å². The Kier molecular flexibility index (Phi) is 6.27. The molecule has 1 aromatic carbocycles. The molecule has 1 atom stereocenters. The summed E-state index contributed by atoms with van der Waals surface area (Å²) in [5.41, 5.74) is 2.03. The Morgan fingerprint density at radius 2 is 2.07 bits per heavy atom. The van der Waals surface area contributed by atoms with Gasteiger partial charge in [-0.25, -0.2) is 4.98 Å². The molecule has 1 aliphatic rings. The quantitative estimate of drug-likeness (QED) is 0.846. The van der Waals surface area contributed by atoms with E-state index in [1.807, 2.05) is 12.1 Å². The molecule has 0 spiro atoms. The van der Waals surface area contributed by atoms with Crippen LogP contribution in [0.2, 0.25) is 0 Å². The number of hydrogen-bond donors (Lipinski definition) is 1. The fourth-order valence-corrected chi connectivity index (χ4v) is 3.68. The second kappa shape index (κ2) is 8.84. The molecule has 3 rings (SSSR count). The molecule has 1 aliphatic heterocycles. The first-order valence-electron chi connectivity index (χ1n) is 9.77. The molecule has 0 radical (unpaired) electrons. The van der Waals surface area contributed by atoms with E-state index in [-0.39, 0.29) is 11.8 Å². The van der Waals surface area contributed by atoms with Gasteiger partial charge in [0, 0.05) is 49.4 Å². The Balaban J connectivity index is 1.61. The molecule has 144 valence electrons. The summed E-state index contributed by atoms with van der Waals surface area (Å²) >= 11 is 0. The van der Waals surface area contributed by atoms with Gasteiger partial charge in [-0.05, 0) is 57.9 Å². The van der Waals surface area contributed by atoms with Gasteiger partial charge in [-0.1, -0.05) is 0 Å². The molecule has 6 nitrogen and oxygen atoms in total. The first-order valence-corrected chi connectivity index (χ1v) is 9.77. The second-order valence-corrected chi connectivity index (χ2v) is 7.26. The normalized spacial score (nSPS) is 17.0. The van der Waals surface area contributed by atoms with Gasteiger partial charge < -0.3 is 15.1 Å². The maximum Gasteiger partial charge on any atom is 0.229 e. The van der Waals surface area contributed by atoms with Crippen molar-refractivity contribution in [1.82, 2.24) is 9.97 Å². The Morgan fingerprint density at radius 3 is 2.70 bits per heavy atom. The van der Waals surface area contributed by atoms with Gasteiger partial charge in [0.25, 0.3) is 0 Å². The highest BCUT2D eigenvalue weighted by Gasteiger charge is 2.26. The largest absolute Gasteiger partial charge is 0.369 e. The van der Waals surface area contributed by atoms with E-state index in [1.54, 1.807) is 18.6 Å². The third-order valence-corrected chi connectivity index (χ3v) is 5.10. The van der Waals surface area contributed by atoms with Gasteiger partial charge in [-0.2, -0.15) is 0 Å². The number of anilines is 3.